The first-order valence-electron chi connectivity index (χ1n) is 4.47. The minimum atomic E-state index is -3.65. The Morgan fingerprint density at radius 2 is 2.19 bits per heavy atom. The van der Waals surface area contributed by atoms with Crippen LogP contribution in [-0.2, 0) is 27.1 Å². The Labute approximate surface area is 95.1 Å². The highest BCUT2D eigenvalue weighted by Crippen LogP contribution is 2.40. The van der Waals surface area contributed by atoms with Crippen LogP contribution in [-0.4, -0.2) is 28.7 Å². The first-order valence-corrected chi connectivity index (χ1v) is 5.96. The summed E-state index contributed by atoms with van der Waals surface area (Å²) in [4.78, 5) is 12.2. The SMILES string of the molecule is C=CCc1cncn1C.COP(=O)(O)OC. The first kappa shape index (κ1) is 15.1. The zero-order valence-corrected chi connectivity index (χ0v) is 10.6. The van der Waals surface area contributed by atoms with Crippen molar-refractivity contribution in [2.45, 2.75) is 6.42 Å². The van der Waals surface area contributed by atoms with Crippen molar-refractivity contribution in [1.82, 2.24) is 9.55 Å². The van der Waals surface area contributed by atoms with E-state index in [9.17, 15) is 4.57 Å². The summed E-state index contributed by atoms with van der Waals surface area (Å²) in [7, 11) is 0.527. The Kier molecular flexibility index (Phi) is 6.92. The molecular weight excluding hydrogens is 231 g/mol. The van der Waals surface area contributed by atoms with Crippen LogP contribution in [0.4, 0.5) is 0 Å². The van der Waals surface area contributed by atoms with Gasteiger partial charge in [0.2, 0.25) is 0 Å². The van der Waals surface area contributed by atoms with Gasteiger partial charge in [0.1, 0.15) is 0 Å². The second-order valence-electron chi connectivity index (χ2n) is 2.82. The highest BCUT2D eigenvalue weighted by Gasteiger charge is 2.13. The van der Waals surface area contributed by atoms with E-state index in [-0.39, 0.29) is 0 Å². The molecule has 0 saturated heterocycles. The van der Waals surface area contributed by atoms with E-state index in [1.165, 1.54) is 5.69 Å². The second-order valence-corrected chi connectivity index (χ2v) is 4.49. The van der Waals surface area contributed by atoms with Crippen LogP contribution in [0.1, 0.15) is 5.69 Å². The van der Waals surface area contributed by atoms with Gasteiger partial charge < -0.3 is 9.46 Å². The Morgan fingerprint density at radius 3 is 2.44 bits per heavy atom. The molecule has 0 bridgehead atoms. The molecule has 0 aliphatic heterocycles. The first-order chi connectivity index (χ1) is 7.46. The van der Waals surface area contributed by atoms with E-state index < -0.39 is 7.82 Å². The second kappa shape index (κ2) is 7.35. The number of phosphoric ester groups is 1. The van der Waals surface area contributed by atoms with Crippen molar-refractivity contribution in [3.63, 3.8) is 0 Å². The summed E-state index contributed by atoms with van der Waals surface area (Å²) >= 11 is 0. The van der Waals surface area contributed by atoms with Gasteiger partial charge in [0.15, 0.2) is 0 Å². The normalized spacial score (nSPS) is 10.5. The highest BCUT2D eigenvalue weighted by molar-refractivity contribution is 7.47. The van der Waals surface area contributed by atoms with Crippen LogP contribution in [0, 0.1) is 0 Å². The van der Waals surface area contributed by atoms with Gasteiger partial charge >= 0.3 is 7.82 Å². The standard InChI is InChI=1S/C7H10N2.C2H7O4P/c1-3-4-7-5-8-6-9(7)2;1-5-7(3,4)6-2/h3,5-6H,1,4H2,2H3;1-2H3,(H,3,4). The zero-order valence-electron chi connectivity index (χ0n) is 9.66. The van der Waals surface area contributed by atoms with Crippen molar-refractivity contribution in [3.05, 3.63) is 30.9 Å². The third kappa shape index (κ3) is 5.82. The van der Waals surface area contributed by atoms with Crippen LogP contribution in [0.15, 0.2) is 25.2 Å². The number of aryl methyl sites for hydroxylation is 1. The lowest BCUT2D eigenvalue weighted by Crippen LogP contribution is -1.91. The van der Waals surface area contributed by atoms with Gasteiger partial charge in [0.05, 0.1) is 6.33 Å². The van der Waals surface area contributed by atoms with Crippen LogP contribution < -0.4 is 0 Å². The van der Waals surface area contributed by atoms with E-state index in [1.54, 1.807) is 6.33 Å². The van der Waals surface area contributed by atoms with Gasteiger partial charge in [0.25, 0.3) is 0 Å². The van der Waals surface area contributed by atoms with Gasteiger partial charge in [-0.15, -0.1) is 6.58 Å². The fraction of sp³-hybridized carbons (Fsp3) is 0.444. The van der Waals surface area contributed by atoms with Crippen molar-refractivity contribution in [1.29, 1.82) is 0 Å². The average Bonchev–Trinajstić information content (AvgIpc) is 2.66. The van der Waals surface area contributed by atoms with Crippen molar-refractivity contribution in [3.8, 4) is 0 Å². The van der Waals surface area contributed by atoms with Crippen molar-refractivity contribution in [2.75, 3.05) is 14.2 Å². The monoisotopic (exact) mass is 248 g/mol. The molecule has 0 spiro atoms. The highest BCUT2D eigenvalue weighted by atomic mass is 31.2. The maximum absolute atomic E-state index is 10.1. The Balaban J connectivity index is 0.000000293. The Hall–Kier alpha value is -0.940. The predicted octanol–water partition coefficient (Wildman–Crippen LogP) is 1.53. The van der Waals surface area contributed by atoms with Gasteiger partial charge in [-0.05, 0) is 0 Å². The quantitative estimate of drug-likeness (QED) is 0.646. The number of rotatable bonds is 4. The summed E-state index contributed by atoms with van der Waals surface area (Å²) in [5.41, 5.74) is 1.20. The number of imidazole rings is 1. The lowest BCUT2D eigenvalue weighted by atomic mass is 10.3. The molecule has 1 aromatic rings. The van der Waals surface area contributed by atoms with Crippen LogP contribution in [0.25, 0.3) is 0 Å². The molecule has 0 aromatic carbocycles. The smallest absolute Gasteiger partial charge is 0.337 e. The minimum absolute atomic E-state index is 0.899. The van der Waals surface area contributed by atoms with E-state index in [2.05, 4.69) is 20.6 Å². The van der Waals surface area contributed by atoms with Crippen LogP contribution in [0.5, 0.6) is 0 Å². The van der Waals surface area contributed by atoms with Gasteiger partial charge in [-0.25, -0.2) is 9.55 Å². The fourth-order valence-corrected chi connectivity index (χ4v) is 0.953. The van der Waals surface area contributed by atoms with Gasteiger partial charge in [-0.2, -0.15) is 0 Å². The lowest BCUT2D eigenvalue weighted by molar-refractivity contribution is 0.204. The summed E-state index contributed by atoms with van der Waals surface area (Å²) in [5.74, 6) is 0. The van der Waals surface area contributed by atoms with Gasteiger partial charge in [-0.1, -0.05) is 6.08 Å². The molecule has 1 aromatic heterocycles. The molecule has 0 atom stereocenters. The summed E-state index contributed by atoms with van der Waals surface area (Å²) in [5, 5.41) is 0. The van der Waals surface area contributed by atoms with Crippen molar-refractivity contribution >= 4 is 7.82 Å². The molecule has 1 N–H and O–H groups in total. The van der Waals surface area contributed by atoms with Gasteiger partial charge in [-0.3, -0.25) is 9.05 Å². The van der Waals surface area contributed by atoms with Crippen LogP contribution in [0.2, 0.25) is 0 Å². The number of allylic oxidation sites excluding steroid dienone is 1. The van der Waals surface area contributed by atoms with Crippen molar-refractivity contribution in [2.24, 2.45) is 7.05 Å². The maximum Gasteiger partial charge on any atom is 0.471 e. The Morgan fingerprint density at radius 1 is 1.62 bits per heavy atom. The number of hydrogen-bond acceptors (Lipinski definition) is 4. The van der Waals surface area contributed by atoms with E-state index >= 15 is 0 Å². The molecule has 0 aliphatic rings. The largest absolute Gasteiger partial charge is 0.471 e. The molecule has 1 rings (SSSR count). The molecule has 0 aliphatic carbocycles. The van der Waals surface area contributed by atoms with Gasteiger partial charge in [0, 0.05) is 39.6 Å². The number of phosphoric acid groups is 1. The molecule has 6 nitrogen and oxygen atoms in total. The maximum atomic E-state index is 10.1. The molecule has 0 radical (unpaired) electrons. The lowest BCUT2D eigenvalue weighted by Gasteiger charge is -2.01. The number of hydrogen-bond donors (Lipinski definition) is 1. The molecule has 0 fully saturated rings. The predicted molar refractivity (Wildman–Crippen MR) is 61.0 cm³/mol. The number of nitrogens with zero attached hydrogens (tertiary/aromatic N) is 2. The molecule has 0 amide bonds. The molecular formula is C9H17N2O4P. The summed E-state index contributed by atoms with van der Waals surface area (Å²) < 4.78 is 20.0. The minimum Gasteiger partial charge on any atom is -0.337 e. The van der Waals surface area contributed by atoms with E-state index in [0.717, 1.165) is 20.6 Å². The van der Waals surface area contributed by atoms with Crippen molar-refractivity contribution < 1.29 is 18.5 Å². The average molecular weight is 248 g/mol. The summed E-state index contributed by atoms with van der Waals surface area (Å²) in [6, 6.07) is 0. The Bertz CT molecular complexity index is 356. The van der Waals surface area contributed by atoms with Crippen LogP contribution >= 0.6 is 7.82 Å². The molecule has 1 heterocycles. The molecule has 92 valence electrons. The fourth-order valence-electron chi connectivity index (χ4n) is 0.804. The molecule has 0 saturated carbocycles. The number of aromatic nitrogens is 2. The molecule has 0 unspecified atom stereocenters. The summed E-state index contributed by atoms with van der Waals surface area (Å²) in [6.45, 7) is 3.64. The molecule has 7 heteroatoms. The van der Waals surface area contributed by atoms with Crippen LogP contribution in [0.3, 0.4) is 0 Å². The third-order valence-corrected chi connectivity index (χ3v) is 2.65. The topological polar surface area (TPSA) is 73.6 Å². The van der Waals surface area contributed by atoms with E-state index in [4.69, 9.17) is 4.89 Å². The summed E-state index contributed by atoms with van der Waals surface area (Å²) in [6.07, 6.45) is 6.41. The molecule has 16 heavy (non-hydrogen) atoms. The van der Waals surface area contributed by atoms with E-state index in [1.807, 2.05) is 23.9 Å². The zero-order chi connectivity index (χ0) is 12.6. The third-order valence-electron chi connectivity index (χ3n) is 1.73. The van der Waals surface area contributed by atoms with E-state index in [0.29, 0.717) is 0 Å².